The number of fused-ring (bicyclic) bond motifs is 2. The smallest absolute Gasteiger partial charge is 0.133 e. The van der Waals surface area contributed by atoms with Crippen molar-refractivity contribution in [2.24, 2.45) is 11.8 Å². The number of hydrogen-bond donors (Lipinski definition) is 0. The number of epoxide rings is 2. The maximum Gasteiger partial charge on any atom is 0.133 e. The number of hydrogen-bond acceptors (Lipinski definition) is 3. The summed E-state index contributed by atoms with van der Waals surface area (Å²) in [5.41, 5.74) is 0. The molecule has 0 N–H and O–H groups in total. The van der Waals surface area contributed by atoms with Gasteiger partial charge in [0.05, 0.1) is 24.4 Å². The molecule has 4 rings (SSSR count). The van der Waals surface area contributed by atoms with Gasteiger partial charge < -0.3 is 9.47 Å². The Morgan fingerprint density at radius 3 is 1.72 bits per heavy atom. The van der Waals surface area contributed by atoms with Crippen LogP contribution in [0, 0.1) is 11.8 Å². The van der Waals surface area contributed by atoms with Gasteiger partial charge in [-0.15, -0.1) is 0 Å². The highest BCUT2D eigenvalue weighted by Crippen LogP contribution is 2.42. The molecule has 2 saturated heterocycles. The van der Waals surface area contributed by atoms with E-state index in [1.54, 1.807) is 0 Å². The second-order valence-corrected chi connectivity index (χ2v) is 6.73. The predicted molar refractivity (Wildman–Crippen MR) is 66.2 cm³/mol. The van der Waals surface area contributed by atoms with E-state index in [1.165, 1.54) is 25.7 Å². The van der Waals surface area contributed by atoms with Crippen molar-refractivity contribution in [3.63, 3.8) is 0 Å². The molecule has 4 aliphatic rings. The number of rotatable bonds is 4. The molecule has 0 spiro atoms. The van der Waals surface area contributed by atoms with Crippen molar-refractivity contribution in [3.05, 3.63) is 0 Å². The first-order valence-electron chi connectivity index (χ1n) is 7.60. The molecule has 0 amide bonds. The zero-order chi connectivity index (χ0) is 12.1. The molecule has 0 bridgehead atoms. The number of carbonyl (C=O) groups excluding carboxylic acids is 1. The third-order valence-corrected chi connectivity index (χ3v) is 5.26. The van der Waals surface area contributed by atoms with Gasteiger partial charge in [0.2, 0.25) is 0 Å². The minimum Gasteiger partial charge on any atom is -0.370 e. The van der Waals surface area contributed by atoms with Crippen LogP contribution >= 0.6 is 0 Å². The molecule has 2 heterocycles. The number of carbonyl (C=O) groups is 1. The van der Waals surface area contributed by atoms with Crippen molar-refractivity contribution in [3.8, 4) is 0 Å². The summed E-state index contributed by atoms with van der Waals surface area (Å²) in [6.45, 7) is 0. The Morgan fingerprint density at radius 2 is 1.28 bits per heavy atom. The van der Waals surface area contributed by atoms with Crippen molar-refractivity contribution in [1.29, 1.82) is 0 Å². The normalized spacial score (nSPS) is 49.1. The number of ketones is 1. The summed E-state index contributed by atoms with van der Waals surface area (Å²) in [4.78, 5) is 12.1. The molecule has 2 aliphatic carbocycles. The summed E-state index contributed by atoms with van der Waals surface area (Å²) in [5.74, 6) is 1.70. The number of ether oxygens (including phenoxy) is 2. The van der Waals surface area contributed by atoms with Crippen LogP contribution in [0.2, 0.25) is 0 Å². The first-order chi connectivity index (χ1) is 8.78. The van der Waals surface area contributed by atoms with E-state index in [-0.39, 0.29) is 0 Å². The Kier molecular flexibility index (Phi) is 2.73. The molecular weight excluding hydrogens is 228 g/mol. The van der Waals surface area contributed by atoms with Crippen LogP contribution < -0.4 is 0 Å². The molecule has 0 aromatic rings. The van der Waals surface area contributed by atoms with Crippen LogP contribution in [0.15, 0.2) is 0 Å². The summed E-state index contributed by atoms with van der Waals surface area (Å²) in [6, 6.07) is 0. The van der Waals surface area contributed by atoms with Crippen LogP contribution in [0.1, 0.15) is 51.4 Å². The lowest BCUT2D eigenvalue weighted by Gasteiger charge is -2.21. The first kappa shape index (κ1) is 11.4. The van der Waals surface area contributed by atoms with E-state index >= 15 is 0 Å². The van der Waals surface area contributed by atoms with Gasteiger partial charge in [0.1, 0.15) is 5.78 Å². The molecule has 6 unspecified atom stereocenters. The lowest BCUT2D eigenvalue weighted by Crippen LogP contribution is -2.21. The van der Waals surface area contributed by atoms with E-state index in [1.807, 2.05) is 0 Å². The zero-order valence-electron chi connectivity index (χ0n) is 10.8. The Labute approximate surface area is 108 Å². The molecule has 2 saturated carbocycles. The van der Waals surface area contributed by atoms with Gasteiger partial charge in [0, 0.05) is 12.8 Å². The lowest BCUT2D eigenvalue weighted by atomic mass is 9.81. The second-order valence-electron chi connectivity index (χ2n) is 6.73. The molecule has 6 atom stereocenters. The van der Waals surface area contributed by atoms with Gasteiger partial charge >= 0.3 is 0 Å². The number of Topliss-reactive ketones (excluding diaryl/α,β-unsaturated/α-hetero) is 1. The fourth-order valence-electron chi connectivity index (χ4n) is 4.07. The third-order valence-electron chi connectivity index (χ3n) is 5.26. The monoisotopic (exact) mass is 250 g/mol. The van der Waals surface area contributed by atoms with E-state index < -0.39 is 0 Å². The molecule has 3 heteroatoms. The molecule has 0 radical (unpaired) electrons. The van der Waals surface area contributed by atoms with Crippen LogP contribution in [0.5, 0.6) is 0 Å². The van der Waals surface area contributed by atoms with Crippen molar-refractivity contribution in [1.82, 2.24) is 0 Å². The standard InChI is InChI=1S/C15H22O3/c16-11(5-9-1-3-12-14(7-9)17-12)6-10-2-4-13-15(8-10)18-13/h9-10,12-15H,1-8H2. The van der Waals surface area contributed by atoms with Crippen molar-refractivity contribution in [2.75, 3.05) is 0 Å². The van der Waals surface area contributed by atoms with Crippen molar-refractivity contribution in [2.45, 2.75) is 75.8 Å². The molecule has 100 valence electrons. The minimum absolute atomic E-state index is 0.489. The SMILES string of the molecule is O=C(CC1CCC2OC2C1)CC1CCC2OC2C1. The maximum absolute atomic E-state index is 12.1. The Bertz CT molecular complexity index is 322. The highest BCUT2D eigenvalue weighted by molar-refractivity contribution is 5.78. The molecular formula is C15H22O3. The summed E-state index contributed by atoms with van der Waals surface area (Å²) >= 11 is 0. The average Bonchev–Trinajstić information content (AvgIpc) is 3.22. The topological polar surface area (TPSA) is 42.1 Å². The third kappa shape index (κ3) is 2.35. The summed E-state index contributed by atoms with van der Waals surface area (Å²) in [5, 5.41) is 0. The second kappa shape index (κ2) is 4.31. The molecule has 4 fully saturated rings. The molecule has 0 aromatic carbocycles. The summed E-state index contributed by atoms with van der Waals surface area (Å²) in [7, 11) is 0. The van der Waals surface area contributed by atoms with E-state index in [0.29, 0.717) is 42.0 Å². The summed E-state index contributed by atoms with van der Waals surface area (Å²) < 4.78 is 11.1. The van der Waals surface area contributed by atoms with Gasteiger partial charge in [-0.05, 0) is 50.4 Å². The van der Waals surface area contributed by atoms with E-state index in [9.17, 15) is 4.79 Å². The van der Waals surface area contributed by atoms with Crippen LogP contribution in [-0.4, -0.2) is 30.2 Å². The molecule has 0 aromatic heterocycles. The van der Waals surface area contributed by atoms with Crippen molar-refractivity contribution < 1.29 is 14.3 Å². The van der Waals surface area contributed by atoms with Gasteiger partial charge in [-0.2, -0.15) is 0 Å². The first-order valence-corrected chi connectivity index (χ1v) is 7.60. The van der Waals surface area contributed by atoms with Crippen LogP contribution in [0.3, 0.4) is 0 Å². The fraction of sp³-hybridized carbons (Fsp3) is 0.933. The quantitative estimate of drug-likeness (QED) is 0.720. The van der Waals surface area contributed by atoms with E-state index in [4.69, 9.17) is 9.47 Å². The Hall–Kier alpha value is -0.410. The van der Waals surface area contributed by atoms with Gasteiger partial charge in [-0.25, -0.2) is 0 Å². The predicted octanol–water partition coefficient (Wildman–Crippen LogP) is 2.47. The van der Waals surface area contributed by atoms with Crippen LogP contribution in [0.25, 0.3) is 0 Å². The lowest BCUT2D eigenvalue weighted by molar-refractivity contribution is -0.121. The van der Waals surface area contributed by atoms with Crippen LogP contribution in [-0.2, 0) is 14.3 Å². The maximum atomic E-state index is 12.1. The van der Waals surface area contributed by atoms with E-state index in [0.717, 1.165) is 25.7 Å². The van der Waals surface area contributed by atoms with Gasteiger partial charge in [0.25, 0.3) is 0 Å². The molecule has 3 nitrogen and oxygen atoms in total. The zero-order valence-corrected chi connectivity index (χ0v) is 10.8. The average molecular weight is 250 g/mol. The Morgan fingerprint density at radius 1 is 0.778 bits per heavy atom. The van der Waals surface area contributed by atoms with Crippen molar-refractivity contribution >= 4 is 5.78 Å². The minimum atomic E-state index is 0.489. The van der Waals surface area contributed by atoms with Gasteiger partial charge in [0.15, 0.2) is 0 Å². The highest BCUT2D eigenvalue weighted by atomic mass is 16.6. The Balaban J connectivity index is 1.23. The highest BCUT2D eigenvalue weighted by Gasteiger charge is 2.45. The fourth-order valence-corrected chi connectivity index (χ4v) is 4.07. The van der Waals surface area contributed by atoms with E-state index in [2.05, 4.69) is 0 Å². The molecule has 2 aliphatic heterocycles. The van der Waals surface area contributed by atoms with Gasteiger partial charge in [-0.1, -0.05) is 0 Å². The largest absolute Gasteiger partial charge is 0.370 e. The van der Waals surface area contributed by atoms with Gasteiger partial charge in [-0.3, -0.25) is 4.79 Å². The molecule has 18 heavy (non-hydrogen) atoms. The van der Waals surface area contributed by atoms with Crippen LogP contribution in [0.4, 0.5) is 0 Å². The summed E-state index contributed by atoms with van der Waals surface area (Å²) in [6.07, 6.45) is 10.8.